The minimum atomic E-state index is -4.03. The Labute approximate surface area is 193 Å². The zero-order chi connectivity index (χ0) is 23.8. The molecule has 3 heterocycles. The first kappa shape index (κ1) is 23.4. The van der Waals surface area contributed by atoms with Crippen molar-refractivity contribution in [2.24, 2.45) is 5.92 Å². The highest BCUT2D eigenvalue weighted by Gasteiger charge is 2.43. The molecule has 2 aromatic rings. The Morgan fingerprint density at radius 1 is 1.12 bits per heavy atom. The number of hydrogen-bond donors (Lipinski definition) is 0. The smallest absolute Gasteiger partial charge is 0.246 e. The SMILES string of the molecule is CCOc1ccc(N2C(=O)C(C)CS2(=O)=O)cc1S(=O)(=O)N1CCN(c2ncccn2)CC1. The van der Waals surface area contributed by atoms with E-state index in [-0.39, 0.29) is 41.8 Å². The predicted molar refractivity (Wildman–Crippen MR) is 121 cm³/mol. The van der Waals surface area contributed by atoms with Crippen LogP contribution >= 0.6 is 0 Å². The number of piperazine rings is 1. The van der Waals surface area contributed by atoms with E-state index in [9.17, 15) is 21.6 Å². The molecule has 11 nitrogen and oxygen atoms in total. The van der Waals surface area contributed by atoms with E-state index in [2.05, 4.69) is 9.97 Å². The fourth-order valence-electron chi connectivity index (χ4n) is 3.91. The van der Waals surface area contributed by atoms with Crippen LogP contribution in [0.15, 0.2) is 41.6 Å². The largest absolute Gasteiger partial charge is 0.492 e. The zero-order valence-corrected chi connectivity index (χ0v) is 19.9. The number of hydrogen-bond acceptors (Lipinski definition) is 9. The molecule has 0 bridgehead atoms. The van der Waals surface area contributed by atoms with Gasteiger partial charge < -0.3 is 9.64 Å². The molecule has 1 atom stereocenters. The van der Waals surface area contributed by atoms with Gasteiger partial charge >= 0.3 is 0 Å². The first-order valence-corrected chi connectivity index (χ1v) is 13.6. The van der Waals surface area contributed by atoms with Crippen LogP contribution in [0, 0.1) is 5.92 Å². The number of benzene rings is 1. The third-order valence-electron chi connectivity index (χ3n) is 5.51. The van der Waals surface area contributed by atoms with Gasteiger partial charge in [0.2, 0.25) is 31.9 Å². The van der Waals surface area contributed by atoms with Crippen LogP contribution in [0.2, 0.25) is 0 Å². The summed E-state index contributed by atoms with van der Waals surface area (Å²) in [5, 5.41) is 0. The number of carbonyl (C=O) groups excluding carboxylic acids is 1. The minimum Gasteiger partial charge on any atom is -0.492 e. The number of ether oxygens (including phenoxy) is 1. The van der Waals surface area contributed by atoms with E-state index < -0.39 is 31.9 Å². The fraction of sp³-hybridized carbons (Fsp3) is 0.450. The summed E-state index contributed by atoms with van der Waals surface area (Å²) in [6, 6.07) is 5.70. The third-order valence-corrected chi connectivity index (χ3v) is 9.30. The number of amides is 1. The van der Waals surface area contributed by atoms with Crippen LogP contribution in [-0.4, -0.2) is 75.6 Å². The van der Waals surface area contributed by atoms with Gasteiger partial charge in [-0.3, -0.25) is 4.79 Å². The number of carbonyl (C=O) groups is 1. The topological polar surface area (TPSA) is 130 Å². The first-order chi connectivity index (χ1) is 15.6. The Morgan fingerprint density at radius 2 is 1.79 bits per heavy atom. The average Bonchev–Trinajstić information content (AvgIpc) is 3.01. The number of aromatic nitrogens is 2. The summed E-state index contributed by atoms with van der Waals surface area (Å²) in [7, 11) is -7.91. The van der Waals surface area contributed by atoms with Gasteiger partial charge in [-0.1, -0.05) is 6.92 Å². The van der Waals surface area contributed by atoms with Crippen molar-refractivity contribution in [2.45, 2.75) is 18.7 Å². The molecule has 0 N–H and O–H groups in total. The highest BCUT2D eigenvalue weighted by molar-refractivity contribution is 7.94. The Hall–Kier alpha value is -2.77. The van der Waals surface area contributed by atoms with E-state index in [0.29, 0.717) is 23.3 Å². The second-order valence-electron chi connectivity index (χ2n) is 7.79. The van der Waals surface area contributed by atoms with Gasteiger partial charge in [0.05, 0.1) is 24.0 Å². The highest BCUT2D eigenvalue weighted by Crippen LogP contribution is 2.35. The predicted octanol–water partition coefficient (Wildman–Crippen LogP) is 0.699. The molecule has 1 amide bonds. The number of anilines is 2. The highest BCUT2D eigenvalue weighted by atomic mass is 32.2. The lowest BCUT2D eigenvalue weighted by molar-refractivity contribution is -0.119. The maximum atomic E-state index is 13.5. The van der Waals surface area contributed by atoms with Gasteiger partial charge in [0.25, 0.3) is 0 Å². The molecular weight excluding hydrogens is 470 g/mol. The third kappa shape index (κ3) is 4.39. The summed E-state index contributed by atoms with van der Waals surface area (Å²) in [4.78, 5) is 22.6. The molecule has 0 saturated carbocycles. The van der Waals surface area contributed by atoms with Gasteiger partial charge in [0.15, 0.2) is 0 Å². The summed E-state index contributed by atoms with van der Waals surface area (Å²) in [6.45, 7) is 4.63. The molecule has 1 aromatic carbocycles. The molecule has 1 aromatic heterocycles. The van der Waals surface area contributed by atoms with Crippen molar-refractivity contribution < 1.29 is 26.4 Å². The molecule has 4 rings (SSSR count). The van der Waals surface area contributed by atoms with Crippen LogP contribution in [0.1, 0.15) is 13.8 Å². The van der Waals surface area contributed by atoms with E-state index >= 15 is 0 Å². The van der Waals surface area contributed by atoms with Gasteiger partial charge in [-0.05, 0) is 31.2 Å². The van der Waals surface area contributed by atoms with Crippen molar-refractivity contribution in [3.05, 3.63) is 36.7 Å². The Balaban J connectivity index is 1.65. The summed E-state index contributed by atoms with van der Waals surface area (Å²) >= 11 is 0. The second kappa shape index (κ2) is 8.88. The van der Waals surface area contributed by atoms with Crippen molar-refractivity contribution in [1.29, 1.82) is 0 Å². The summed E-state index contributed by atoms with van der Waals surface area (Å²) < 4.78 is 59.7. The lowest BCUT2D eigenvalue weighted by atomic mass is 10.2. The van der Waals surface area contributed by atoms with Crippen molar-refractivity contribution in [2.75, 3.05) is 47.7 Å². The molecule has 0 radical (unpaired) electrons. The van der Waals surface area contributed by atoms with E-state index in [1.807, 2.05) is 4.90 Å². The molecule has 2 fully saturated rings. The monoisotopic (exact) mass is 495 g/mol. The number of sulfonamides is 2. The summed E-state index contributed by atoms with van der Waals surface area (Å²) in [5.41, 5.74) is -0.0114. The first-order valence-electron chi connectivity index (χ1n) is 10.5. The van der Waals surface area contributed by atoms with E-state index in [4.69, 9.17) is 4.74 Å². The Kier molecular flexibility index (Phi) is 6.29. The van der Waals surface area contributed by atoms with Crippen LogP contribution in [0.25, 0.3) is 0 Å². The fourth-order valence-corrected chi connectivity index (χ4v) is 7.29. The molecule has 0 aliphatic carbocycles. The zero-order valence-electron chi connectivity index (χ0n) is 18.3. The molecule has 13 heteroatoms. The average molecular weight is 496 g/mol. The van der Waals surface area contributed by atoms with Crippen LogP contribution < -0.4 is 13.9 Å². The molecule has 33 heavy (non-hydrogen) atoms. The molecule has 2 saturated heterocycles. The molecule has 2 aliphatic rings. The lowest BCUT2D eigenvalue weighted by Crippen LogP contribution is -2.49. The van der Waals surface area contributed by atoms with Gasteiger partial charge in [0.1, 0.15) is 10.6 Å². The molecule has 2 aliphatic heterocycles. The number of nitrogens with zero attached hydrogens (tertiary/aromatic N) is 5. The quantitative estimate of drug-likeness (QED) is 0.568. The number of rotatable bonds is 6. The molecule has 0 spiro atoms. The van der Waals surface area contributed by atoms with E-state index in [0.717, 1.165) is 0 Å². The maximum Gasteiger partial charge on any atom is 0.246 e. The van der Waals surface area contributed by atoms with Gasteiger partial charge in [0, 0.05) is 38.6 Å². The Morgan fingerprint density at radius 3 is 2.36 bits per heavy atom. The summed E-state index contributed by atoms with van der Waals surface area (Å²) in [6.07, 6.45) is 3.25. The second-order valence-corrected chi connectivity index (χ2v) is 11.6. The molecular formula is C20H25N5O6S2. The van der Waals surface area contributed by atoms with E-state index in [1.54, 1.807) is 25.4 Å². The van der Waals surface area contributed by atoms with Gasteiger partial charge in [-0.15, -0.1) is 0 Å². The van der Waals surface area contributed by atoms with Crippen molar-refractivity contribution >= 4 is 37.6 Å². The van der Waals surface area contributed by atoms with E-state index in [1.165, 1.54) is 29.4 Å². The Bertz CT molecular complexity index is 1240. The maximum absolute atomic E-state index is 13.5. The lowest BCUT2D eigenvalue weighted by Gasteiger charge is -2.34. The van der Waals surface area contributed by atoms with Crippen LogP contribution in [0.5, 0.6) is 5.75 Å². The molecule has 178 valence electrons. The van der Waals surface area contributed by atoms with Crippen molar-refractivity contribution in [3.63, 3.8) is 0 Å². The minimum absolute atomic E-state index is 0.0114. The van der Waals surface area contributed by atoms with Gasteiger partial charge in [-0.2, -0.15) is 4.31 Å². The van der Waals surface area contributed by atoms with Gasteiger partial charge in [-0.25, -0.2) is 31.1 Å². The summed E-state index contributed by atoms with van der Waals surface area (Å²) in [5.74, 6) is -0.968. The van der Waals surface area contributed by atoms with Crippen LogP contribution in [-0.2, 0) is 24.8 Å². The normalized spacial score (nSPS) is 21.4. The van der Waals surface area contributed by atoms with Crippen molar-refractivity contribution in [3.8, 4) is 5.75 Å². The van der Waals surface area contributed by atoms with Crippen LogP contribution in [0.4, 0.5) is 11.6 Å². The van der Waals surface area contributed by atoms with Crippen molar-refractivity contribution in [1.82, 2.24) is 14.3 Å². The molecule has 1 unspecified atom stereocenters. The van der Waals surface area contributed by atoms with Crippen LogP contribution in [0.3, 0.4) is 0 Å². The standard InChI is InChI=1S/C20H25N5O6S2/c1-3-31-17-6-5-16(25-19(26)15(2)14-32(25,27)28)13-18(17)33(29,30)24-11-9-23(10-12-24)20-21-7-4-8-22-20/h4-8,13,15H,3,9-12,14H2,1-2H3.